The summed E-state index contributed by atoms with van der Waals surface area (Å²) in [6.07, 6.45) is 5.69. The van der Waals surface area contributed by atoms with Gasteiger partial charge in [0.15, 0.2) is 0 Å². The topological polar surface area (TPSA) is 50.7 Å². The number of anilines is 2. The molecule has 0 spiro atoms. The summed E-state index contributed by atoms with van der Waals surface area (Å²) >= 11 is 1.64. The molecule has 4 nitrogen and oxygen atoms in total. The van der Waals surface area contributed by atoms with Crippen LogP contribution in [0.4, 0.5) is 10.9 Å². The van der Waals surface area contributed by atoms with Crippen molar-refractivity contribution in [3.8, 4) is 11.1 Å². The fraction of sp³-hybridized carbons (Fsp3) is 0.235. The van der Waals surface area contributed by atoms with Gasteiger partial charge in [-0.05, 0) is 30.5 Å². The van der Waals surface area contributed by atoms with E-state index in [1.54, 1.807) is 11.3 Å². The molecule has 22 heavy (non-hydrogen) atoms. The Hall–Kier alpha value is -2.27. The van der Waals surface area contributed by atoms with Crippen molar-refractivity contribution in [2.45, 2.75) is 25.2 Å². The summed E-state index contributed by atoms with van der Waals surface area (Å²) < 4.78 is 0. The zero-order valence-electron chi connectivity index (χ0n) is 12.1. The van der Waals surface area contributed by atoms with Crippen molar-refractivity contribution in [3.05, 3.63) is 53.7 Å². The Bertz CT molecular complexity index is 748. The van der Waals surface area contributed by atoms with E-state index < -0.39 is 0 Å². The van der Waals surface area contributed by atoms with Crippen LogP contribution >= 0.6 is 11.3 Å². The van der Waals surface area contributed by atoms with E-state index in [1.165, 1.54) is 24.8 Å². The summed E-state index contributed by atoms with van der Waals surface area (Å²) in [5.74, 6) is 1.43. The summed E-state index contributed by atoms with van der Waals surface area (Å²) in [5, 5.41) is 13.7. The molecule has 1 aliphatic rings. The van der Waals surface area contributed by atoms with Gasteiger partial charge in [0.05, 0.1) is 0 Å². The van der Waals surface area contributed by atoms with Crippen LogP contribution in [0.2, 0.25) is 0 Å². The molecule has 110 valence electrons. The molecule has 0 amide bonds. The molecular weight excluding hydrogens is 292 g/mol. The quantitative estimate of drug-likeness (QED) is 0.764. The average molecular weight is 308 g/mol. The Morgan fingerprint density at radius 2 is 1.82 bits per heavy atom. The largest absolute Gasteiger partial charge is 0.315 e. The first-order valence-corrected chi connectivity index (χ1v) is 8.32. The SMILES string of the molecule is c1ccc(-c2ccc(Nc3nnc(C4CCC4)s3)nc2)cc1. The first kappa shape index (κ1) is 13.4. The summed E-state index contributed by atoms with van der Waals surface area (Å²) in [6, 6.07) is 14.3. The van der Waals surface area contributed by atoms with Crippen molar-refractivity contribution >= 4 is 22.3 Å². The zero-order valence-corrected chi connectivity index (χ0v) is 12.9. The van der Waals surface area contributed by atoms with Crippen LogP contribution in [0.25, 0.3) is 11.1 Å². The van der Waals surface area contributed by atoms with Crippen LogP contribution in [0.3, 0.4) is 0 Å². The van der Waals surface area contributed by atoms with Gasteiger partial charge >= 0.3 is 0 Å². The number of hydrogen-bond acceptors (Lipinski definition) is 5. The number of benzene rings is 1. The van der Waals surface area contributed by atoms with Crippen molar-refractivity contribution in [1.29, 1.82) is 0 Å². The van der Waals surface area contributed by atoms with Crippen LogP contribution in [0.15, 0.2) is 48.7 Å². The van der Waals surface area contributed by atoms with Gasteiger partial charge in [0.1, 0.15) is 10.8 Å². The maximum atomic E-state index is 4.47. The fourth-order valence-electron chi connectivity index (χ4n) is 2.48. The minimum absolute atomic E-state index is 0.626. The lowest BCUT2D eigenvalue weighted by molar-refractivity contribution is 0.416. The summed E-state index contributed by atoms with van der Waals surface area (Å²) in [5.41, 5.74) is 2.28. The number of nitrogens with one attached hydrogen (secondary N) is 1. The first-order valence-electron chi connectivity index (χ1n) is 7.50. The van der Waals surface area contributed by atoms with E-state index in [-0.39, 0.29) is 0 Å². The number of hydrogen-bond donors (Lipinski definition) is 1. The molecule has 0 radical (unpaired) electrons. The molecule has 0 bridgehead atoms. The second kappa shape index (κ2) is 5.85. The minimum atomic E-state index is 0.626. The van der Waals surface area contributed by atoms with Crippen molar-refractivity contribution in [2.24, 2.45) is 0 Å². The van der Waals surface area contributed by atoms with E-state index in [1.807, 2.05) is 30.5 Å². The van der Waals surface area contributed by atoms with Gasteiger partial charge in [-0.15, -0.1) is 10.2 Å². The lowest BCUT2D eigenvalue weighted by Crippen LogP contribution is -2.07. The third kappa shape index (κ3) is 2.72. The van der Waals surface area contributed by atoms with Crippen LogP contribution in [-0.2, 0) is 0 Å². The maximum absolute atomic E-state index is 4.47. The van der Waals surface area contributed by atoms with Crippen molar-refractivity contribution in [1.82, 2.24) is 15.2 Å². The molecule has 0 unspecified atom stereocenters. The van der Waals surface area contributed by atoms with Gasteiger partial charge < -0.3 is 5.32 Å². The molecule has 0 atom stereocenters. The van der Waals surface area contributed by atoms with E-state index in [9.17, 15) is 0 Å². The zero-order chi connectivity index (χ0) is 14.8. The normalized spacial score (nSPS) is 14.5. The molecule has 3 aromatic rings. The van der Waals surface area contributed by atoms with Gasteiger partial charge in [0.2, 0.25) is 5.13 Å². The van der Waals surface area contributed by atoms with Gasteiger partial charge in [-0.3, -0.25) is 0 Å². The highest BCUT2D eigenvalue weighted by Gasteiger charge is 2.23. The Labute approximate surface area is 133 Å². The van der Waals surface area contributed by atoms with Crippen molar-refractivity contribution in [2.75, 3.05) is 5.32 Å². The summed E-state index contributed by atoms with van der Waals surface area (Å²) in [7, 11) is 0. The molecular formula is C17H16N4S. The van der Waals surface area contributed by atoms with Gasteiger partial charge in [0.25, 0.3) is 0 Å². The van der Waals surface area contributed by atoms with Crippen LogP contribution in [-0.4, -0.2) is 15.2 Å². The molecule has 0 aliphatic heterocycles. The van der Waals surface area contributed by atoms with Gasteiger partial charge in [-0.1, -0.05) is 48.1 Å². The van der Waals surface area contributed by atoms with Gasteiger partial charge in [-0.25, -0.2) is 4.98 Å². The molecule has 2 heterocycles. The summed E-state index contributed by atoms with van der Waals surface area (Å²) in [6.45, 7) is 0. The molecule has 1 saturated carbocycles. The Morgan fingerprint density at radius 1 is 0.955 bits per heavy atom. The van der Waals surface area contributed by atoms with Crippen LogP contribution < -0.4 is 5.32 Å². The van der Waals surface area contributed by atoms with Gasteiger partial charge in [0, 0.05) is 17.7 Å². The van der Waals surface area contributed by atoms with E-state index >= 15 is 0 Å². The number of aromatic nitrogens is 3. The second-order valence-corrected chi connectivity index (χ2v) is 6.51. The van der Waals surface area contributed by atoms with Crippen LogP contribution in [0.5, 0.6) is 0 Å². The fourth-order valence-corrected chi connectivity index (χ4v) is 3.40. The lowest BCUT2D eigenvalue weighted by Gasteiger charge is -2.21. The van der Waals surface area contributed by atoms with E-state index in [4.69, 9.17) is 0 Å². The number of pyridine rings is 1. The average Bonchev–Trinajstić information content (AvgIpc) is 2.95. The smallest absolute Gasteiger partial charge is 0.211 e. The molecule has 4 rings (SSSR count). The molecule has 2 aromatic heterocycles. The number of nitrogens with zero attached hydrogens (tertiary/aromatic N) is 3. The number of rotatable bonds is 4. The van der Waals surface area contributed by atoms with Crippen LogP contribution in [0.1, 0.15) is 30.2 Å². The molecule has 1 aromatic carbocycles. The molecule has 1 fully saturated rings. The van der Waals surface area contributed by atoms with Gasteiger partial charge in [-0.2, -0.15) is 0 Å². The summed E-state index contributed by atoms with van der Waals surface area (Å²) in [4.78, 5) is 4.47. The highest BCUT2D eigenvalue weighted by atomic mass is 32.1. The standard InChI is InChI=1S/C17H16N4S/c1-2-5-12(6-3-1)14-9-10-15(18-11-14)19-17-21-20-16(22-17)13-7-4-8-13/h1-3,5-6,9-11,13H,4,7-8H2,(H,18,19,21). The van der Waals surface area contributed by atoms with E-state index in [0.717, 1.165) is 21.5 Å². The van der Waals surface area contributed by atoms with Crippen LogP contribution in [0, 0.1) is 0 Å². The van der Waals surface area contributed by atoms with Crippen molar-refractivity contribution < 1.29 is 0 Å². The predicted octanol–water partition coefficient (Wildman–Crippen LogP) is 4.61. The Balaban J connectivity index is 1.48. The third-order valence-electron chi connectivity index (χ3n) is 4.00. The van der Waals surface area contributed by atoms with Crippen molar-refractivity contribution in [3.63, 3.8) is 0 Å². The molecule has 5 heteroatoms. The first-order chi connectivity index (χ1) is 10.9. The lowest BCUT2D eigenvalue weighted by atomic mass is 9.86. The Kier molecular flexibility index (Phi) is 3.56. The third-order valence-corrected chi connectivity index (χ3v) is 5.00. The minimum Gasteiger partial charge on any atom is -0.315 e. The maximum Gasteiger partial charge on any atom is 0.211 e. The van der Waals surface area contributed by atoms with E-state index in [2.05, 4.69) is 38.7 Å². The highest BCUT2D eigenvalue weighted by Crippen LogP contribution is 2.38. The molecule has 1 aliphatic carbocycles. The highest BCUT2D eigenvalue weighted by molar-refractivity contribution is 7.15. The molecule has 1 N–H and O–H groups in total. The predicted molar refractivity (Wildman–Crippen MR) is 89.5 cm³/mol. The monoisotopic (exact) mass is 308 g/mol. The Morgan fingerprint density at radius 3 is 2.50 bits per heavy atom. The molecule has 0 saturated heterocycles. The second-order valence-electron chi connectivity index (χ2n) is 5.50. The van der Waals surface area contributed by atoms with E-state index in [0.29, 0.717) is 5.92 Å².